The van der Waals surface area contributed by atoms with E-state index in [1.807, 2.05) is 23.6 Å². The molecule has 0 aliphatic rings. The lowest BCUT2D eigenvalue weighted by Gasteiger charge is -2.21. The molecule has 0 radical (unpaired) electrons. The molecule has 0 aliphatic carbocycles. The van der Waals surface area contributed by atoms with E-state index < -0.39 is 0 Å². The number of hydrogen-bond acceptors (Lipinski definition) is 4. The second-order valence-corrected chi connectivity index (χ2v) is 4.93. The van der Waals surface area contributed by atoms with Crippen LogP contribution in [0.3, 0.4) is 0 Å². The van der Waals surface area contributed by atoms with Crippen LogP contribution in [0.25, 0.3) is 0 Å². The molecule has 2 rings (SSSR count). The van der Waals surface area contributed by atoms with Crippen molar-refractivity contribution in [1.29, 1.82) is 0 Å². The quantitative estimate of drug-likeness (QED) is 0.806. The van der Waals surface area contributed by atoms with Gasteiger partial charge in [-0.3, -0.25) is 4.79 Å². The Labute approximate surface area is 110 Å². The van der Waals surface area contributed by atoms with E-state index in [0.717, 1.165) is 10.4 Å². The van der Waals surface area contributed by atoms with Gasteiger partial charge in [0.25, 0.3) is 0 Å². The summed E-state index contributed by atoms with van der Waals surface area (Å²) in [5, 5.41) is 2.01. The predicted octanol–water partition coefficient (Wildman–Crippen LogP) is 2.52. The highest BCUT2D eigenvalue weighted by molar-refractivity contribution is 7.09. The topological polar surface area (TPSA) is 42.7 Å². The maximum Gasteiger partial charge on any atom is 0.249 e. The van der Waals surface area contributed by atoms with Crippen LogP contribution >= 0.6 is 11.3 Å². The Morgan fingerprint density at radius 3 is 2.94 bits per heavy atom. The zero-order valence-corrected chi connectivity index (χ0v) is 11.0. The van der Waals surface area contributed by atoms with Crippen LogP contribution < -0.4 is 0 Å². The second-order valence-electron chi connectivity index (χ2n) is 3.89. The molecule has 0 saturated heterocycles. The zero-order chi connectivity index (χ0) is 12.8. The molecule has 96 valence electrons. The largest absolute Gasteiger partial charge is 0.472 e. The molecule has 2 heterocycles. The fourth-order valence-electron chi connectivity index (χ4n) is 1.64. The average Bonchev–Trinajstić information content (AvgIpc) is 3.01. The number of hydrogen-bond donors (Lipinski definition) is 0. The van der Waals surface area contributed by atoms with Crippen LogP contribution in [0.5, 0.6) is 0 Å². The fourth-order valence-corrected chi connectivity index (χ4v) is 2.36. The number of amides is 1. The third-order valence-corrected chi connectivity index (χ3v) is 3.36. The van der Waals surface area contributed by atoms with Gasteiger partial charge in [0, 0.05) is 24.1 Å². The van der Waals surface area contributed by atoms with Gasteiger partial charge in [0.15, 0.2) is 0 Å². The van der Waals surface area contributed by atoms with Crippen molar-refractivity contribution in [3.63, 3.8) is 0 Å². The fraction of sp³-hybridized carbons (Fsp3) is 0.308. The van der Waals surface area contributed by atoms with E-state index in [1.165, 1.54) is 7.11 Å². The van der Waals surface area contributed by atoms with Crippen LogP contribution in [0, 0.1) is 0 Å². The van der Waals surface area contributed by atoms with Gasteiger partial charge in [-0.2, -0.15) is 0 Å². The lowest BCUT2D eigenvalue weighted by atomic mass is 10.3. The molecule has 4 nitrogen and oxygen atoms in total. The van der Waals surface area contributed by atoms with Gasteiger partial charge in [-0.25, -0.2) is 0 Å². The molecule has 0 aliphatic heterocycles. The van der Waals surface area contributed by atoms with Crippen LogP contribution in [0.1, 0.15) is 10.4 Å². The number of furan rings is 1. The lowest BCUT2D eigenvalue weighted by molar-refractivity contribution is -0.136. The molecule has 0 saturated carbocycles. The van der Waals surface area contributed by atoms with Crippen molar-refractivity contribution >= 4 is 17.2 Å². The minimum atomic E-state index is -0.0212. The lowest BCUT2D eigenvalue weighted by Crippen LogP contribution is -2.32. The zero-order valence-electron chi connectivity index (χ0n) is 10.2. The Morgan fingerprint density at radius 2 is 2.33 bits per heavy atom. The minimum absolute atomic E-state index is 0.0212. The van der Waals surface area contributed by atoms with Crippen LogP contribution in [-0.2, 0) is 22.6 Å². The summed E-state index contributed by atoms with van der Waals surface area (Å²) in [4.78, 5) is 14.9. The first-order valence-corrected chi connectivity index (χ1v) is 6.47. The summed E-state index contributed by atoms with van der Waals surface area (Å²) in [5.74, 6) is -0.0212. The normalized spacial score (nSPS) is 10.5. The maximum atomic E-state index is 12.0. The molecule has 0 spiro atoms. The molecule has 5 heteroatoms. The summed E-state index contributed by atoms with van der Waals surface area (Å²) < 4.78 is 9.94. The molecular weight excluding hydrogens is 250 g/mol. The molecule has 2 aromatic heterocycles. The molecule has 0 atom stereocenters. The molecule has 0 bridgehead atoms. The maximum absolute atomic E-state index is 12.0. The number of thiophene rings is 1. The minimum Gasteiger partial charge on any atom is -0.472 e. The standard InChI is InChI=1S/C13H15NO3S/c1-16-10-13(15)14(7-11-4-5-17-9-11)8-12-3-2-6-18-12/h2-6,9H,7-8,10H2,1H3. The molecule has 0 N–H and O–H groups in total. The van der Waals surface area contributed by atoms with Gasteiger partial charge < -0.3 is 14.1 Å². The summed E-state index contributed by atoms with van der Waals surface area (Å²) in [6.45, 7) is 1.24. The van der Waals surface area contributed by atoms with E-state index >= 15 is 0 Å². The monoisotopic (exact) mass is 265 g/mol. The van der Waals surface area contributed by atoms with E-state index in [2.05, 4.69) is 0 Å². The highest BCUT2D eigenvalue weighted by Crippen LogP contribution is 2.15. The Balaban J connectivity index is 2.04. The first kappa shape index (κ1) is 12.9. The first-order chi connectivity index (χ1) is 8.79. The van der Waals surface area contributed by atoms with E-state index in [1.54, 1.807) is 28.8 Å². The van der Waals surface area contributed by atoms with E-state index in [9.17, 15) is 4.79 Å². The van der Waals surface area contributed by atoms with Gasteiger partial charge in [-0.15, -0.1) is 11.3 Å². The van der Waals surface area contributed by atoms with E-state index in [-0.39, 0.29) is 12.5 Å². The third kappa shape index (κ3) is 3.45. The number of carbonyl (C=O) groups is 1. The van der Waals surface area contributed by atoms with E-state index in [4.69, 9.17) is 9.15 Å². The molecule has 0 aromatic carbocycles. The number of rotatable bonds is 6. The Kier molecular flexibility index (Phi) is 4.55. The third-order valence-electron chi connectivity index (χ3n) is 2.50. The van der Waals surface area contributed by atoms with Crippen molar-refractivity contribution in [1.82, 2.24) is 4.90 Å². The summed E-state index contributed by atoms with van der Waals surface area (Å²) >= 11 is 1.64. The summed E-state index contributed by atoms with van der Waals surface area (Å²) in [7, 11) is 1.53. The highest BCUT2D eigenvalue weighted by atomic mass is 32.1. The summed E-state index contributed by atoms with van der Waals surface area (Å²) in [5.41, 5.74) is 0.982. The van der Waals surface area contributed by atoms with Gasteiger partial charge in [0.1, 0.15) is 6.61 Å². The number of nitrogens with zero attached hydrogens (tertiary/aromatic N) is 1. The van der Waals surface area contributed by atoms with Crippen LogP contribution in [-0.4, -0.2) is 24.5 Å². The number of carbonyl (C=O) groups excluding carboxylic acids is 1. The SMILES string of the molecule is COCC(=O)N(Cc1ccoc1)Cc1cccs1. The van der Waals surface area contributed by atoms with Gasteiger partial charge in [-0.05, 0) is 17.5 Å². The number of methoxy groups -OCH3 is 1. The summed E-state index contributed by atoms with van der Waals surface area (Å²) in [6.07, 6.45) is 3.26. The van der Waals surface area contributed by atoms with Crippen LogP contribution in [0.4, 0.5) is 0 Å². The van der Waals surface area contributed by atoms with Gasteiger partial charge in [0.2, 0.25) is 5.91 Å². The van der Waals surface area contributed by atoms with Crippen molar-refractivity contribution in [3.8, 4) is 0 Å². The van der Waals surface area contributed by atoms with Crippen molar-refractivity contribution in [3.05, 3.63) is 46.5 Å². The van der Waals surface area contributed by atoms with Gasteiger partial charge in [-0.1, -0.05) is 6.07 Å². The second kappa shape index (κ2) is 6.37. The van der Waals surface area contributed by atoms with Gasteiger partial charge in [0.05, 0.1) is 19.1 Å². The Hall–Kier alpha value is -1.59. The molecule has 1 amide bonds. The molecular formula is C13H15NO3S. The molecule has 0 unspecified atom stereocenters. The van der Waals surface area contributed by atoms with Crippen LogP contribution in [0.2, 0.25) is 0 Å². The van der Waals surface area contributed by atoms with E-state index in [0.29, 0.717) is 13.1 Å². The van der Waals surface area contributed by atoms with Crippen molar-refractivity contribution in [2.24, 2.45) is 0 Å². The first-order valence-electron chi connectivity index (χ1n) is 5.60. The number of ether oxygens (including phenoxy) is 1. The molecule has 2 aromatic rings. The van der Waals surface area contributed by atoms with Crippen molar-refractivity contribution in [2.45, 2.75) is 13.1 Å². The van der Waals surface area contributed by atoms with Crippen molar-refractivity contribution in [2.75, 3.05) is 13.7 Å². The Bertz CT molecular complexity index is 428. The average molecular weight is 265 g/mol. The highest BCUT2D eigenvalue weighted by Gasteiger charge is 2.15. The smallest absolute Gasteiger partial charge is 0.249 e. The Morgan fingerprint density at radius 1 is 1.44 bits per heavy atom. The molecule has 0 fully saturated rings. The summed E-state index contributed by atoms with van der Waals surface area (Å²) in [6, 6.07) is 5.87. The van der Waals surface area contributed by atoms with Crippen molar-refractivity contribution < 1.29 is 13.9 Å². The van der Waals surface area contributed by atoms with Crippen LogP contribution in [0.15, 0.2) is 40.5 Å². The predicted molar refractivity (Wildman–Crippen MR) is 69.2 cm³/mol. The van der Waals surface area contributed by atoms with Gasteiger partial charge >= 0.3 is 0 Å². The molecule has 18 heavy (non-hydrogen) atoms.